The standard InChI is InChI=1S/C26H18BrF3N4O2/c27-20-12-5-4-11-18(20)21-19-14-31-34(17-9-2-1-3-10-17)23(19)33-25(36)22(21)32-24(35)15-7-6-8-16(13-15)26(28,29)30/h1-14,21-22H,(H,32,35)(H,33,36)/t21-,22+/m0/s1. The van der Waals surface area contributed by atoms with Gasteiger partial charge in [0.2, 0.25) is 5.91 Å². The van der Waals surface area contributed by atoms with E-state index in [4.69, 9.17) is 0 Å². The molecule has 0 unspecified atom stereocenters. The van der Waals surface area contributed by atoms with Crippen molar-refractivity contribution in [1.82, 2.24) is 15.1 Å². The number of fused-ring (bicyclic) bond motifs is 1. The van der Waals surface area contributed by atoms with Crippen molar-refractivity contribution in [3.63, 3.8) is 0 Å². The van der Waals surface area contributed by atoms with Gasteiger partial charge in [0.25, 0.3) is 5.91 Å². The van der Waals surface area contributed by atoms with Gasteiger partial charge in [0.15, 0.2) is 0 Å². The lowest BCUT2D eigenvalue weighted by Crippen LogP contribution is -2.50. The molecule has 2 heterocycles. The van der Waals surface area contributed by atoms with Crippen molar-refractivity contribution in [1.29, 1.82) is 0 Å². The maximum absolute atomic E-state index is 13.4. The molecule has 0 spiro atoms. The number of hydrogen-bond donors (Lipinski definition) is 2. The van der Waals surface area contributed by atoms with Crippen LogP contribution in [0.1, 0.15) is 33.0 Å². The smallest absolute Gasteiger partial charge is 0.339 e. The molecule has 2 atom stereocenters. The zero-order valence-electron chi connectivity index (χ0n) is 18.5. The van der Waals surface area contributed by atoms with Crippen molar-refractivity contribution in [2.24, 2.45) is 0 Å². The van der Waals surface area contributed by atoms with E-state index in [1.54, 1.807) is 16.9 Å². The highest BCUT2D eigenvalue weighted by Crippen LogP contribution is 2.41. The van der Waals surface area contributed by atoms with Crippen LogP contribution in [0, 0.1) is 0 Å². The molecule has 0 radical (unpaired) electrons. The highest BCUT2D eigenvalue weighted by molar-refractivity contribution is 9.10. The molecular weight excluding hydrogens is 537 g/mol. The van der Waals surface area contributed by atoms with Gasteiger partial charge in [-0.05, 0) is 42.0 Å². The third kappa shape index (κ3) is 4.39. The Kier molecular flexibility index (Phi) is 6.13. The molecule has 0 saturated heterocycles. The van der Waals surface area contributed by atoms with Crippen LogP contribution in [0.2, 0.25) is 0 Å². The molecular formula is C26H18BrF3N4O2. The van der Waals surface area contributed by atoms with Crippen LogP contribution in [0.3, 0.4) is 0 Å². The average molecular weight is 555 g/mol. The monoisotopic (exact) mass is 554 g/mol. The number of alkyl halides is 3. The van der Waals surface area contributed by atoms with Crippen molar-refractivity contribution in [3.05, 3.63) is 112 Å². The van der Waals surface area contributed by atoms with Crippen molar-refractivity contribution in [3.8, 4) is 5.69 Å². The lowest BCUT2D eigenvalue weighted by Gasteiger charge is -2.32. The summed E-state index contributed by atoms with van der Waals surface area (Å²) in [5.74, 6) is -1.51. The van der Waals surface area contributed by atoms with Gasteiger partial charge in [0.05, 0.1) is 17.4 Å². The van der Waals surface area contributed by atoms with Crippen LogP contribution in [0.15, 0.2) is 89.5 Å². The second-order valence-electron chi connectivity index (χ2n) is 8.21. The topological polar surface area (TPSA) is 76.0 Å². The summed E-state index contributed by atoms with van der Waals surface area (Å²) in [4.78, 5) is 26.4. The number of rotatable bonds is 4. The van der Waals surface area contributed by atoms with Crippen LogP contribution in [0.25, 0.3) is 5.69 Å². The predicted molar refractivity (Wildman–Crippen MR) is 131 cm³/mol. The number of amides is 2. The van der Waals surface area contributed by atoms with E-state index in [0.717, 1.165) is 29.4 Å². The van der Waals surface area contributed by atoms with Crippen LogP contribution in [0.4, 0.5) is 19.0 Å². The first-order chi connectivity index (χ1) is 17.2. The van der Waals surface area contributed by atoms with E-state index in [9.17, 15) is 22.8 Å². The van der Waals surface area contributed by atoms with E-state index in [0.29, 0.717) is 15.9 Å². The van der Waals surface area contributed by atoms with Gasteiger partial charge < -0.3 is 10.6 Å². The second kappa shape index (κ2) is 9.27. The summed E-state index contributed by atoms with van der Waals surface area (Å²) in [6.07, 6.45) is -2.98. The summed E-state index contributed by atoms with van der Waals surface area (Å²) in [6, 6.07) is 19.5. The Morgan fingerprint density at radius 1 is 0.972 bits per heavy atom. The van der Waals surface area contributed by atoms with Gasteiger partial charge in [-0.25, -0.2) is 4.68 Å². The minimum Gasteiger partial charge on any atom is -0.339 e. The molecule has 1 aliphatic heterocycles. The van der Waals surface area contributed by atoms with Gasteiger partial charge in [-0.15, -0.1) is 0 Å². The number of hydrogen-bond acceptors (Lipinski definition) is 3. The molecule has 182 valence electrons. The molecule has 2 N–H and O–H groups in total. The van der Waals surface area contributed by atoms with E-state index >= 15 is 0 Å². The van der Waals surface area contributed by atoms with E-state index < -0.39 is 35.5 Å². The Morgan fingerprint density at radius 2 is 1.69 bits per heavy atom. The third-order valence-corrected chi connectivity index (χ3v) is 6.69. The molecule has 0 aliphatic carbocycles. The van der Waals surface area contributed by atoms with Gasteiger partial charge in [0.1, 0.15) is 11.9 Å². The number of carbonyl (C=O) groups is 2. The fraction of sp³-hybridized carbons (Fsp3) is 0.115. The molecule has 10 heteroatoms. The second-order valence-corrected chi connectivity index (χ2v) is 9.07. The number of aromatic nitrogens is 2. The van der Waals surface area contributed by atoms with Gasteiger partial charge in [-0.1, -0.05) is 58.4 Å². The number of halogens is 4. The lowest BCUT2D eigenvalue weighted by atomic mass is 9.83. The Morgan fingerprint density at radius 3 is 2.42 bits per heavy atom. The molecule has 2 amide bonds. The van der Waals surface area contributed by atoms with Crippen LogP contribution >= 0.6 is 15.9 Å². The summed E-state index contributed by atoms with van der Waals surface area (Å²) < 4.78 is 41.8. The summed E-state index contributed by atoms with van der Waals surface area (Å²) >= 11 is 3.53. The summed E-state index contributed by atoms with van der Waals surface area (Å²) in [6.45, 7) is 0. The minimum absolute atomic E-state index is 0.200. The first-order valence-electron chi connectivity index (χ1n) is 10.9. The molecule has 6 nitrogen and oxygen atoms in total. The van der Waals surface area contributed by atoms with Gasteiger partial charge in [0, 0.05) is 21.5 Å². The number of nitrogens with one attached hydrogen (secondary N) is 2. The van der Waals surface area contributed by atoms with Gasteiger partial charge in [-0.2, -0.15) is 18.3 Å². The quantitative estimate of drug-likeness (QED) is 0.348. The lowest BCUT2D eigenvalue weighted by molar-refractivity contribution is -0.137. The maximum atomic E-state index is 13.4. The summed E-state index contributed by atoms with van der Waals surface area (Å²) in [7, 11) is 0. The van der Waals surface area contributed by atoms with Crippen molar-refractivity contribution >= 4 is 33.6 Å². The molecule has 5 rings (SSSR count). The first-order valence-corrected chi connectivity index (χ1v) is 11.7. The highest BCUT2D eigenvalue weighted by Gasteiger charge is 2.41. The summed E-state index contributed by atoms with van der Waals surface area (Å²) in [5.41, 5.74) is 0.956. The number of carbonyl (C=O) groups excluding carboxylic acids is 2. The Bertz CT molecular complexity index is 1450. The Hall–Kier alpha value is -3.92. The molecule has 4 aromatic rings. The zero-order chi connectivity index (χ0) is 25.4. The normalized spacial score (nSPS) is 17.3. The number of nitrogens with zero attached hydrogens (tertiary/aromatic N) is 2. The molecule has 0 bridgehead atoms. The van der Waals surface area contributed by atoms with Crippen molar-refractivity contribution in [2.75, 3.05) is 5.32 Å². The van der Waals surface area contributed by atoms with Crippen LogP contribution < -0.4 is 10.6 Å². The van der Waals surface area contributed by atoms with Crippen molar-refractivity contribution in [2.45, 2.75) is 18.1 Å². The molecule has 1 aromatic heterocycles. The highest BCUT2D eigenvalue weighted by atomic mass is 79.9. The van der Waals surface area contributed by atoms with Crippen molar-refractivity contribution < 1.29 is 22.8 Å². The SMILES string of the molecule is O=C(N[C@H]1C(=O)Nc2c(cnn2-c2ccccc2)[C@@H]1c1ccccc1Br)c1cccc(C(F)(F)F)c1. The van der Waals surface area contributed by atoms with Crippen LogP contribution in [-0.2, 0) is 11.0 Å². The maximum Gasteiger partial charge on any atom is 0.416 e. The van der Waals surface area contributed by atoms with E-state index in [-0.39, 0.29) is 5.56 Å². The van der Waals surface area contributed by atoms with Gasteiger partial charge in [-0.3, -0.25) is 9.59 Å². The Labute approximate surface area is 212 Å². The third-order valence-electron chi connectivity index (χ3n) is 5.97. The first kappa shape index (κ1) is 23.8. The fourth-order valence-corrected chi connectivity index (χ4v) is 4.82. The molecule has 0 saturated carbocycles. The molecule has 1 aliphatic rings. The van der Waals surface area contributed by atoms with Crippen LogP contribution in [-0.4, -0.2) is 27.6 Å². The molecule has 3 aromatic carbocycles. The fourth-order valence-electron chi connectivity index (χ4n) is 4.29. The number of para-hydroxylation sites is 1. The molecule has 0 fully saturated rings. The van der Waals surface area contributed by atoms with E-state index in [2.05, 4.69) is 31.7 Å². The number of benzene rings is 3. The van der Waals surface area contributed by atoms with Gasteiger partial charge >= 0.3 is 6.18 Å². The summed E-state index contributed by atoms with van der Waals surface area (Å²) in [5, 5.41) is 9.94. The predicted octanol–water partition coefficient (Wildman–Crippen LogP) is 5.54. The largest absolute Gasteiger partial charge is 0.416 e. The van der Waals surface area contributed by atoms with E-state index in [1.807, 2.05) is 48.5 Å². The average Bonchev–Trinajstić information content (AvgIpc) is 3.28. The molecule has 36 heavy (non-hydrogen) atoms. The van der Waals surface area contributed by atoms with Crippen LogP contribution in [0.5, 0.6) is 0 Å². The van der Waals surface area contributed by atoms with E-state index in [1.165, 1.54) is 6.07 Å². The Balaban J connectivity index is 1.57. The minimum atomic E-state index is -4.60. The number of anilines is 1. The zero-order valence-corrected chi connectivity index (χ0v) is 20.0.